The molecule has 1 saturated heterocycles. The molecule has 5 rings (SSSR count). The van der Waals surface area contributed by atoms with Gasteiger partial charge in [-0.2, -0.15) is 30.9 Å². The maximum absolute atomic E-state index is 14.2. The van der Waals surface area contributed by atoms with Crippen LogP contribution in [0.5, 0.6) is 17.2 Å². The number of alkyl halides is 6. The number of aromatic nitrogens is 2. The Morgan fingerprint density at radius 2 is 1.29 bits per heavy atom. The van der Waals surface area contributed by atoms with E-state index in [9.17, 15) is 40.7 Å². The summed E-state index contributed by atoms with van der Waals surface area (Å²) in [6, 6.07) is 9.30. The molecule has 0 spiro atoms. The SMILES string of the molecule is COc1cc(CN2C(=O)N(c3cccc(C(F)(F)F)c3)[C@@H](n3oc(=O)n(-c4cccc(C(F)(F)F)c4)c3=O)C2(C)C)cc(OC)c1OC. The Hall–Kier alpha value is -5.35. The molecule has 256 valence electrons. The van der Waals surface area contributed by atoms with Crippen molar-refractivity contribution < 1.29 is 49.9 Å². The Balaban J connectivity index is 1.70. The topological polar surface area (TPSA) is 108 Å². The Bertz CT molecular complexity index is 1950. The lowest BCUT2D eigenvalue weighted by Crippen LogP contribution is -2.46. The quantitative estimate of drug-likeness (QED) is 0.208. The van der Waals surface area contributed by atoms with Gasteiger partial charge in [-0.15, -0.1) is 4.74 Å². The van der Waals surface area contributed by atoms with Gasteiger partial charge in [-0.25, -0.2) is 14.4 Å². The fourth-order valence-corrected chi connectivity index (χ4v) is 5.63. The number of halogens is 6. The first kappa shape index (κ1) is 34.0. The molecular weight excluding hydrogens is 654 g/mol. The number of amides is 2. The summed E-state index contributed by atoms with van der Waals surface area (Å²) in [5.74, 6) is -0.663. The van der Waals surface area contributed by atoms with Crippen molar-refractivity contribution in [2.45, 2.75) is 44.4 Å². The molecule has 1 aliphatic heterocycles. The average Bonchev–Trinajstić information content (AvgIpc) is 3.42. The fourth-order valence-electron chi connectivity index (χ4n) is 5.63. The van der Waals surface area contributed by atoms with Crippen LogP contribution in [0, 0.1) is 0 Å². The van der Waals surface area contributed by atoms with E-state index in [-0.39, 0.29) is 29.5 Å². The third kappa shape index (κ3) is 5.84. The van der Waals surface area contributed by atoms with Crippen LogP contribution in [0.4, 0.5) is 36.8 Å². The number of rotatable bonds is 8. The van der Waals surface area contributed by atoms with Crippen molar-refractivity contribution in [3.8, 4) is 22.9 Å². The van der Waals surface area contributed by atoms with E-state index >= 15 is 0 Å². The summed E-state index contributed by atoms with van der Waals surface area (Å²) in [6.45, 7) is 2.74. The zero-order valence-corrected chi connectivity index (χ0v) is 26.0. The van der Waals surface area contributed by atoms with Crippen LogP contribution in [0.15, 0.2) is 74.8 Å². The van der Waals surface area contributed by atoms with E-state index in [4.69, 9.17) is 18.7 Å². The normalized spacial score (nSPS) is 16.4. The molecule has 0 saturated carbocycles. The molecule has 48 heavy (non-hydrogen) atoms. The second-order valence-electron chi connectivity index (χ2n) is 11.2. The first-order chi connectivity index (χ1) is 22.4. The molecule has 0 unspecified atom stereocenters. The molecule has 1 fully saturated rings. The third-order valence-corrected chi connectivity index (χ3v) is 7.92. The van der Waals surface area contributed by atoms with E-state index in [2.05, 4.69) is 0 Å². The largest absolute Gasteiger partial charge is 0.493 e. The van der Waals surface area contributed by atoms with Crippen molar-refractivity contribution in [2.24, 2.45) is 0 Å². The van der Waals surface area contributed by atoms with Crippen LogP contribution < -0.4 is 30.6 Å². The maximum atomic E-state index is 14.2. The predicted molar refractivity (Wildman–Crippen MR) is 158 cm³/mol. The standard InChI is InChI=1S/C31H28F6N4O7/c1-29(2)25(41-27(43)40(28(44)48-41)21-11-7-9-19(15-21)31(35,36)37)39(20-10-6-8-18(14-20)30(32,33)34)26(42)38(29)16-17-12-22(45-3)24(47-5)23(13-17)46-4/h6-15,25H,16H2,1-5H3/t25-/m0/s1. The number of benzene rings is 3. The summed E-state index contributed by atoms with van der Waals surface area (Å²) in [5, 5.41) is 0. The van der Waals surface area contributed by atoms with Crippen LogP contribution in [-0.4, -0.2) is 47.1 Å². The van der Waals surface area contributed by atoms with E-state index < -0.39 is 58.3 Å². The third-order valence-electron chi connectivity index (χ3n) is 7.92. The van der Waals surface area contributed by atoms with E-state index in [1.165, 1.54) is 46.1 Å². The molecule has 3 aromatic carbocycles. The van der Waals surface area contributed by atoms with Gasteiger partial charge in [0.15, 0.2) is 17.7 Å². The molecule has 0 aliphatic carbocycles. The molecule has 1 aromatic heterocycles. The van der Waals surface area contributed by atoms with Gasteiger partial charge in [0.2, 0.25) is 5.75 Å². The number of ether oxygens (including phenoxy) is 3. The van der Waals surface area contributed by atoms with Crippen LogP contribution in [-0.2, 0) is 18.9 Å². The monoisotopic (exact) mass is 682 g/mol. The Morgan fingerprint density at radius 1 is 0.771 bits per heavy atom. The maximum Gasteiger partial charge on any atom is 0.447 e. The minimum absolute atomic E-state index is 0.220. The number of methoxy groups -OCH3 is 3. The Kier molecular flexibility index (Phi) is 8.52. The van der Waals surface area contributed by atoms with Gasteiger partial charge < -0.3 is 23.6 Å². The zero-order valence-electron chi connectivity index (χ0n) is 26.0. The highest BCUT2D eigenvalue weighted by molar-refractivity contribution is 5.95. The summed E-state index contributed by atoms with van der Waals surface area (Å²) >= 11 is 0. The molecular formula is C31H28F6N4O7. The smallest absolute Gasteiger partial charge is 0.447 e. The van der Waals surface area contributed by atoms with Crippen LogP contribution in [0.1, 0.15) is 36.7 Å². The molecule has 11 nitrogen and oxygen atoms in total. The number of hydrogen-bond donors (Lipinski definition) is 0. The van der Waals surface area contributed by atoms with Crippen molar-refractivity contribution in [1.29, 1.82) is 0 Å². The Morgan fingerprint density at radius 3 is 1.79 bits per heavy atom. The van der Waals surface area contributed by atoms with E-state index in [0.717, 1.165) is 35.2 Å². The molecule has 0 radical (unpaired) electrons. The molecule has 1 atom stereocenters. The average molecular weight is 683 g/mol. The molecule has 2 heterocycles. The molecule has 0 bridgehead atoms. The Labute approximate surface area is 268 Å². The van der Waals surface area contributed by atoms with Gasteiger partial charge in [0, 0.05) is 12.2 Å². The second kappa shape index (κ2) is 12.0. The lowest BCUT2D eigenvalue weighted by atomic mass is 9.99. The lowest BCUT2D eigenvalue weighted by molar-refractivity contribution is -0.138. The summed E-state index contributed by atoms with van der Waals surface area (Å²) in [6.07, 6.45) is -11.2. The van der Waals surface area contributed by atoms with E-state index in [0.29, 0.717) is 27.0 Å². The minimum Gasteiger partial charge on any atom is -0.493 e. The van der Waals surface area contributed by atoms with Crippen molar-refractivity contribution in [2.75, 3.05) is 26.2 Å². The van der Waals surface area contributed by atoms with Crippen LogP contribution >= 0.6 is 0 Å². The molecule has 0 N–H and O–H groups in total. The van der Waals surface area contributed by atoms with Crippen molar-refractivity contribution in [3.63, 3.8) is 0 Å². The number of carbonyl (C=O) groups excluding carboxylic acids is 1. The van der Waals surface area contributed by atoms with Gasteiger partial charge in [-0.3, -0.25) is 4.90 Å². The predicted octanol–water partition coefficient (Wildman–Crippen LogP) is 6.08. The van der Waals surface area contributed by atoms with Gasteiger partial charge in [0.05, 0.1) is 43.7 Å². The number of hydrogen-bond acceptors (Lipinski definition) is 7. The highest BCUT2D eigenvalue weighted by atomic mass is 19.4. The van der Waals surface area contributed by atoms with Gasteiger partial charge in [-0.05, 0) is 67.9 Å². The number of nitrogens with zero attached hydrogens (tertiary/aromatic N) is 4. The van der Waals surface area contributed by atoms with Crippen molar-refractivity contribution in [1.82, 2.24) is 14.2 Å². The lowest BCUT2D eigenvalue weighted by Gasteiger charge is -2.34. The molecule has 4 aromatic rings. The summed E-state index contributed by atoms with van der Waals surface area (Å²) in [5.41, 5.74) is -5.44. The highest BCUT2D eigenvalue weighted by Crippen LogP contribution is 2.45. The van der Waals surface area contributed by atoms with Gasteiger partial charge in [0.25, 0.3) is 0 Å². The minimum atomic E-state index is -4.81. The molecule has 2 amide bonds. The van der Waals surface area contributed by atoms with Crippen LogP contribution in [0.25, 0.3) is 5.69 Å². The van der Waals surface area contributed by atoms with Gasteiger partial charge in [0.1, 0.15) is 0 Å². The van der Waals surface area contributed by atoms with Crippen LogP contribution in [0.2, 0.25) is 0 Å². The van der Waals surface area contributed by atoms with Crippen molar-refractivity contribution in [3.05, 3.63) is 98.4 Å². The molecule has 1 aliphatic rings. The van der Waals surface area contributed by atoms with Gasteiger partial charge >= 0.3 is 29.8 Å². The molecule has 17 heteroatoms. The fraction of sp³-hybridized carbons (Fsp3) is 0.323. The summed E-state index contributed by atoms with van der Waals surface area (Å²) in [7, 11) is 4.14. The first-order valence-electron chi connectivity index (χ1n) is 14.0. The summed E-state index contributed by atoms with van der Waals surface area (Å²) < 4.78 is 104. The summed E-state index contributed by atoms with van der Waals surface area (Å²) in [4.78, 5) is 43.2. The van der Waals surface area contributed by atoms with Gasteiger partial charge in [-0.1, -0.05) is 12.1 Å². The first-order valence-corrected chi connectivity index (χ1v) is 14.0. The number of carbonyl (C=O) groups is 1. The second-order valence-corrected chi connectivity index (χ2v) is 11.2. The number of anilines is 1. The van der Waals surface area contributed by atoms with E-state index in [1.807, 2.05) is 0 Å². The van der Waals surface area contributed by atoms with E-state index in [1.54, 1.807) is 12.1 Å². The van der Waals surface area contributed by atoms with Crippen LogP contribution in [0.3, 0.4) is 0 Å². The zero-order chi connectivity index (χ0) is 35.3. The number of urea groups is 1. The van der Waals surface area contributed by atoms with Crippen molar-refractivity contribution >= 4 is 11.7 Å². The highest BCUT2D eigenvalue weighted by Gasteiger charge is 2.55.